The lowest BCUT2D eigenvalue weighted by atomic mass is 10.0. The molecule has 0 spiro atoms. The van der Waals surface area contributed by atoms with E-state index in [0.717, 1.165) is 22.1 Å². The summed E-state index contributed by atoms with van der Waals surface area (Å²) in [7, 11) is 1.58. The lowest BCUT2D eigenvalue weighted by Crippen LogP contribution is -2.06. The molecule has 138 valence electrons. The van der Waals surface area contributed by atoms with Crippen LogP contribution in [0.25, 0.3) is 17.0 Å². The van der Waals surface area contributed by atoms with Crippen LogP contribution in [0.2, 0.25) is 0 Å². The number of methoxy groups -OCH3 is 1. The van der Waals surface area contributed by atoms with Crippen LogP contribution in [0, 0.1) is 13.8 Å². The first-order chi connectivity index (χ1) is 13.0. The Balaban J connectivity index is 1.76. The molecule has 0 saturated heterocycles. The third-order valence-corrected chi connectivity index (χ3v) is 4.39. The average Bonchev–Trinajstić information content (AvgIpc) is 2.67. The molecule has 0 saturated carbocycles. The van der Waals surface area contributed by atoms with E-state index in [0.29, 0.717) is 16.9 Å². The number of hydrogen-bond acceptors (Lipinski definition) is 5. The van der Waals surface area contributed by atoms with Crippen molar-refractivity contribution in [1.29, 1.82) is 0 Å². The van der Waals surface area contributed by atoms with Gasteiger partial charge in [0.2, 0.25) is 0 Å². The maximum absolute atomic E-state index is 12.0. The van der Waals surface area contributed by atoms with Crippen LogP contribution in [-0.4, -0.2) is 13.1 Å². The molecule has 0 unspecified atom stereocenters. The highest BCUT2D eigenvalue weighted by atomic mass is 16.5. The van der Waals surface area contributed by atoms with Gasteiger partial charge < -0.3 is 13.9 Å². The fourth-order valence-corrected chi connectivity index (χ4v) is 2.75. The summed E-state index contributed by atoms with van der Waals surface area (Å²) in [5.74, 6) is 0.210. The van der Waals surface area contributed by atoms with E-state index in [2.05, 4.69) is 0 Å². The minimum atomic E-state index is -0.497. The van der Waals surface area contributed by atoms with Crippen molar-refractivity contribution in [2.45, 2.75) is 20.5 Å². The fourth-order valence-electron chi connectivity index (χ4n) is 2.75. The molecule has 3 aromatic rings. The Kier molecular flexibility index (Phi) is 5.41. The van der Waals surface area contributed by atoms with Crippen LogP contribution in [0.5, 0.6) is 5.75 Å². The highest BCUT2D eigenvalue weighted by molar-refractivity contribution is 5.88. The monoisotopic (exact) mass is 364 g/mol. The molecule has 0 radical (unpaired) electrons. The molecule has 0 aliphatic rings. The van der Waals surface area contributed by atoms with Gasteiger partial charge in [-0.05, 0) is 48.7 Å². The summed E-state index contributed by atoms with van der Waals surface area (Å²) in [4.78, 5) is 23.9. The van der Waals surface area contributed by atoms with Crippen LogP contribution in [0.15, 0.2) is 57.8 Å². The van der Waals surface area contributed by atoms with E-state index in [-0.39, 0.29) is 6.61 Å². The van der Waals surface area contributed by atoms with Crippen molar-refractivity contribution in [1.82, 2.24) is 0 Å². The summed E-state index contributed by atoms with van der Waals surface area (Å²) in [6.07, 6.45) is 2.99. The van der Waals surface area contributed by atoms with Crippen LogP contribution in [0.3, 0.4) is 0 Å². The second-order valence-electron chi connectivity index (χ2n) is 6.19. The van der Waals surface area contributed by atoms with E-state index in [1.807, 2.05) is 50.2 Å². The fraction of sp³-hybridized carbons (Fsp3) is 0.182. The number of benzene rings is 2. The molecular weight excluding hydrogens is 344 g/mol. The lowest BCUT2D eigenvalue weighted by molar-refractivity contribution is -0.138. The molecule has 3 rings (SSSR count). The molecule has 1 heterocycles. The quantitative estimate of drug-likeness (QED) is 0.386. The molecule has 5 nitrogen and oxygen atoms in total. The van der Waals surface area contributed by atoms with Gasteiger partial charge in [0.15, 0.2) is 0 Å². The summed E-state index contributed by atoms with van der Waals surface area (Å²) < 4.78 is 15.8. The highest BCUT2D eigenvalue weighted by Crippen LogP contribution is 2.23. The third-order valence-electron chi connectivity index (χ3n) is 4.39. The minimum absolute atomic E-state index is 0.00805. The number of aryl methyl sites for hydroxylation is 2. The highest BCUT2D eigenvalue weighted by Gasteiger charge is 2.10. The van der Waals surface area contributed by atoms with Gasteiger partial charge in [-0.25, -0.2) is 9.59 Å². The van der Waals surface area contributed by atoms with Gasteiger partial charge in [0.05, 0.1) is 7.11 Å². The Morgan fingerprint density at radius 1 is 1.15 bits per heavy atom. The smallest absolute Gasteiger partial charge is 0.336 e. The predicted molar refractivity (Wildman–Crippen MR) is 104 cm³/mol. The summed E-state index contributed by atoms with van der Waals surface area (Å²) in [6.45, 7) is 3.84. The Labute approximate surface area is 156 Å². The number of hydrogen-bond donors (Lipinski definition) is 0. The largest absolute Gasteiger partial charge is 0.497 e. The van der Waals surface area contributed by atoms with Crippen molar-refractivity contribution in [3.05, 3.63) is 81.2 Å². The maximum atomic E-state index is 12.0. The molecular formula is C22H20O5. The molecule has 0 aliphatic carbocycles. The van der Waals surface area contributed by atoms with Gasteiger partial charge in [-0.3, -0.25) is 0 Å². The topological polar surface area (TPSA) is 65.7 Å². The van der Waals surface area contributed by atoms with E-state index in [1.165, 1.54) is 12.1 Å². The van der Waals surface area contributed by atoms with E-state index < -0.39 is 11.6 Å². The third kappa shape index (κ3) is 4.26. The summed E-state index contributed by atoms with van der Waals surface area (Å²) in [6, 6.07) is 12.5. The Morgan fingerprint density at radius 2 is 1.96 bits per heavy atom. The zero-order valence-electron chi connectivity index (χ0n) is 15.4. The van der Waals surface area contributed by atoms with Gasteiger partial charge in [-0.1, -0.05) is 24.3 Å². The maximum Gasteiger partial charge on any atom is 0.336 e. The molecule has 27 heavy (non-hydrogen) atoms. The van der Waals surface area contributed by atoms with Crippen molar-refractivity contribution < 1.29 is 18.7 Å². The molecule has 0 fully saturated rings. The van der Waals surface area contributed by atoms with Gasteiger partial charge in [0.1, 0.15) is 17.9 Å². The van der Waals surface area contributed by atoms with Crippen molar-refractivity contribution in [3.63, 3.8) is 0 Å². The van der Waals surface area contributed by atoms with E-state index in [4.69, 9.17) is 13.9 Å². The standard InChI is InChI=1S/C22H20O5/c1-14-7-9-19-17(12-21(24)27-22(19)15(14)2)13-26-20(23)10-8-16-5-4-6-18(11-16)25-3/h4-12H,13H2,1-3H3. The first kappa shape index (κ1) is 18.5. The molecule has 0 atom stereocenters. The van der Waals surface area contributed by atoms with E-state index in [1.54, 1.807) is 13.2 Å². The first-order valence-corrected chi connectivity index (χ1v) is 8.50. The number of rotatable bonds is 5. The van der Waals surface area contributed by atoms with Crippen molar-refractivity contribution in [2.75, 3.05) is 7.11 Å². The van der Waals surface area contributed by atoms with Gasteiger partial charge >= 0.3 is 11.6 Å². The Hall–Kier alpha value is -3.34. The SMILES string of the molecule is COc1cccc(C=CC(=O)OCc2cc(=O)oc3c(C)c(C)ccc23)c1. The summed E-state index contributed by atoms with van der Waals surface area (Å²) in [5, 5.41) is 0.766. The van der Waals surface area contributed by atoms with Gasteiger partial charge in [-0.2, -0.15) is 0 Å². The molecule has 0 amide bonds. The van der Waals surface area contributed by atoms with Crippen LogP contribution >= 0.6 is 0 Å². The second-order valence-corrected chi connectivity index (χ2v) is 6.19. The molecule has 2 aromatic carbocycles. The molecule has 0 N–H and O–H groups in total. The molecule has 1 aromatic heterocycles. The predicted octanol–water partition coefficient (Wildman–Crippen LogP) is 4.18. The Bertz CT molecular complexity index is 1080. The number of esters is 1. The Morgan fingerprint density at radius 3 is 2.74 bits per heavy atom. The zero-order chi connectivity index (χ0) is 19.4. The summed E-state index contributed by atoms with van der Waals surface area (Å²) in [5.41, 5.74) is 3.43. The molecule has 0 bridgehead atoms. The number of carbonyl (C=O) groups is 1. The van der Waals surface area contributed by atoms with Crippen LogP contribution in [0.4, 0.5) is 0 Å². The van der Waals surface area contributed by atoms with E-state index in [9.17, 15) is 9.59 Å². The zero-order valence-corrected chi connectivity index (χ0v) is 15.4. The average molecular weight is 364 g/mol. The summed E-state index contributed by atoms with van der Waals surface area (Å²) >= 11 is 0. The van der Waals surface area contributed by atoms with Crippen molar-refractivity contribution in [3.8, 4) is 5.75 Å². The van der Waals surface area contributed by atoms with Gasteiger partial charge in [0, 0.05) is 23.1 Å². The van der Waals surface area contributed by atoms with Gasteiger partial charge in [0.25, 0.3) is 0 Å². The second kappa shape index (κ2) is 7.91. The lowest BCUT2D eigenvalue weighted by Gasteiger charge is -2.09. The molecule has 0 aliphatic heterocycles. The number of fused-ring (bicyclic) bond motifs is 1. The number of ether oxygens (including phenoxy) is 2. The normalized spacial score (nSPS) is 11.1. The van der Waals surface area contributed by atoms with E-state index >= 15 is 0 Å². The van der Waals surface area contributed by atoms with Crippen molar-refractivity contribution in [2.24, 2.45) is 0 Å². The van der Waals surface area contributed by atoms with Crippen LogP contribution in [0.1, 0.15) is 22.3 Å². The van der Waals surface area contributed by atoms with Crippen LogP contribution < -0.4 is 10.4 Å². The molecule has 5 heteroatoms. The van der Waals surface area contributed by atoms with Gasteiger partial charge in [-0.15, -0.1) is 0 Å². The minimum Gasteiger partial charge on any atom is -0.497 e. The van der Waals surface area contributed by atoms with Crippen molar-refractivity contribution >= 4 is 23.0 Å². The van der Waals surface area contributed by atoms with Crippen LogP contribution in [-0.2, 0) is 16.1 Å². The number of carbonyl (C=O) groups excluding carboxylic acids is 1. The first-order valence-electron chi connectivity index (χ1n) is 8.50.